The van der Waals surface area contributed by atoms with Crippen LogP contribution in [0.5, 0.6) is 5.75 Å². The van der Waals surface area contributed by atoms with Crippen molar-refractivity contribution < 1.29 is 14.3 Å². The smallest absolute Gasteiger partial charge is 0.305 e. The molecule has 3 heteroatoms. The second kappa shape index (κ2) is 15.0. The molecule has 0 radical (unpaired) electrons. The maximum atomic E-state index is 10.9. The van der Waals surface area contributed by atoms with Gasteiger partial charge in [0.2, 0.25) is 0 Å². The van der Waals surface area contributed by atoms with E-state index in [1.165, 1.54) is 7.11 Å². The third kappa shape index (κ3) is 12.7. The lowest BCUT2D eigenvalue weighted by Crippen LogP contribution is -1.98. The second-order valence-corrected chi connectivity index (χ2v) is 5.48. The van der Waals surface area contributed by atoms with E-state index in [9.17, 15) is 4.79 Å². The van der Waals surface area contributed by atoms with Gasteiger partial charge < -0.3 is 9.47 Å². The topological polar surface area (TPSA) is 35.5 Å². The highest BCUT2D eigenvalue weighted by Gasteiger charge is 1.96. The number of aryl methyl sites for hydroxylation is 1. The van der Waals surface area contributed by atoms with Gasteiger partial charge in [-0.15, -0.1) is 5.92 Å². The zero-order valence-electron chi connectivity index (χ0n) is 16.0. The molecule has 27 heavy (non-hydrogen) atoms. The van der Waals surface area contributed by atoms with E-state index in [-0.39, 0.29) is 5.97 Å². The number of methoxy groups -OCH3 is 1. The summed E-state index contributed by atoms with van der Waals surface area (Å²) >= 11 is 0. The highest BCUT2D eigenvalue weighted by Crippen LogP contribution is 2.11. The summed E-state index contributed by atoms with van der Waals surface area (Å²) in [6.45, 7) is 2.39. The van der Waals surface area contributed by atoms with Crippen molar-refractivity contribution in [1.82, 2.24) is 0 Å². The summed E-state index contributed by atoms with van der Waals surface area (Å²) in [7, 11) is 1.39. The number of rotatable bonds is 5. The van der Waals surface area contributed by atoms with Crippen molar-refractivity contribution in [1.29, 1.82) is 0 Å². The van der Waals surface area contributed by atoms with Crippen LogP contribution in [0.25, 0.3) is 0 Å². The van der Waals surface area contributed by atoms with E-state index < -0.39 is 0 Å². The van der Waals surface area contributed by atoms with Gasteiger partial charge in [-0.3, -0.25) is 4.79 Å². The van der Waals surface area contributed by atoms with E-state index >= 15 is 0 Å². The minimum Gasteiger partial charge on any atom is -0.481 e. The number of hydrogen-bond donors (Lipinski definition) is 0. The third-order valence-electron chi connectivity index (χ3n) is 3.24. The van der Waals surface area contributed by atoms with Crippen LogP contribution < -0.4 is 4.74 Å². The normalized spacial score (nSPS) is 8.37. The standard InChI is InChI=1S/C24H24O3/c1-22-17-16-18-23(21-22)27-20-15-13-11-9-7-5-3-4-6-8-10-12-14-19-24(25)26-2/h16-18,21H,5-6,11-12,14,19-20H2,1-2H3. The van der Waals surface area contributed by atoms with Gasteiger partial charge in [-0.2, -0.15) is 0 Å². The molecule has 3 nitrogen and oxygen atoms in total. The Morgan fingerprint density at radius 3 is 2.19 bits per heavy atom. The number of carbonyl (C=O) groups excluding carboxylic acids is 1. The zero-order valence-corrected chi connectivity index (χ0v) is 16.0. The van der Waals surface area contributed by atoms with Crippen LogP contribution in [0.3, 0.4) is 0 Å². The fourth-order valence-corrected chi connectivity index (χ4v) is 1.89. The minimum atomic E-state index is -0.196. The van der Waals surface area contributed by atoms with Gasteiger partial charge in [0.15, 0.2) is 0 Å². The van der Waals surface area contributed by atoms with Crippen LogP contribution in [0.15, 0.2) is 24.3 Å². The SMILES string of the molecule is COC(=O)CCCC#CCC#CCC#CCC#CCOc1cccc(C)c1. The number of ether oxygens (including phenoxy) is 2. The second-order valence-electron chi connectivity index (χ2n) is 5.48. The number of carbonyl (C=O) groups is 1. The predicted molar refractivity (Wildman–Crippen MR) is 107 cm³/mol. The Morgan fingerprint density at radius 2 is 1.56 bits per heavy atom. The fourth-order valence-electron chi connectivity index (χ4n) is 1.89. The van der Waals surface area contributed by atoms with E-state index in [0.717, 1.165) is 17.7 Å². The van der Waals surface area contributed by atoms with Crippen molar-refractivity contribution in [3.63, 3.8) is 0 Å². The molecule has 0 atom stereocenters. The summed E-state index contributed by atoms with van der Waals surface area (Å²) in [5.41, 5.74) is 1.16. The summed E-state index contributed by atoms with van der Waals surface area (Å²) in [6, 6.07) is 7.88. The average Bonchev–Trinajstić information content (AvgIpc) is 2.67. The molecule has 0 aliphatic rings. The first-order valence-electron chi connectivity index (χ1n) is 8.81. The lowest BCUT2D eigenvalue weighted by atomic mass is 10.2. The summed E-state index contributed by atoms with van der Waals surface area (Å²) in [6.07, 6.45) is 3.37. The van der Waals surface area contributed by atoms with Crippen LogP contribution in [-0.4, -0.2) is 19.7 Å². The van der Waals surface area contributed by atoms with E-state index in [4.69, 9.17) is 4.74 Å². The molecule has 0 saturated carbocycles. The number of esters is 1. The molecule has 0 bridgehead atoms. The molecule has 1 rings (SSSR count). The van der Waals surface area contributed by atoms with Crippen molar-refractivity contribution in [3.05, 3.63) is 29.8 Å². The highest BCUT2D eigenvalue weighted by atomic mass is 16.5. The first-order chi connectivity index (χ1) is 13.2. The van der Waals surface area contributed by atoms with Gasteiger partial charge >= 0.3 is 5.97 Å². The van der Waals surface area contributed by atoms with Gasteiger partial charge in [0.05, 0.1) is 26.4 Å². The molecule has 0 N–H and O–H groups in total. The average molecular weight is 360 g/mol. The lowest BCUT2D eigenvalue weighted by Gasteiger charge is -2.01. The van der Waals surface area contributed by atoms with Crippen molar-refractivity contribution in [2.45, 2.75) is 45.4 Å². The van der Waals surface area contributed by atoms with Crippen molar-refractivity contribution in [2.75, 3.05) is 13.7 Å². The van der Waals surface area contributed by atoms with Crippen molar-refractivity contribution in [2.24, 2.45) is 0 Å². The van der Waals surface area contributed by atoms with Gasteiger partial charge in [0, 0.05) is 12.8 Å². The lowest BCUT2D eigenvalue weighted by molar-refractivity contribution is -0.140. The van der Waals surface area contributed by atoms with E-state index in [0.29, 0.717) is 38.7 Å². The Labute approximate surface area is 162 Å². The van der Waals surface area contributed by atoms with E-state index in [1.54, 1.807) is 0 Å². The van der Waals surface area contributed by atoms with Crippen molar-refractivity contribution in [3.8, 4) is 53.1 Å². The quantitative estimate of drug-likeness (QED) is 0.454. The van der Waals surface area contributed by atoms with Crippen LogP contribution in [0.4, 0.5) is 0 Å². The molecule has 0 aromatic heterocycles. The Balaban J connectivity index is 2.08. The maximum Gasteiger partial charge on any atom is 0.305 e. The monoisotopic (exact) mass is 360 g/mol. The minimum absolute atomic E-state index is 0.196. The molecule has 0 saturated heterocycles. The summed E-state index contributed by atoms with van der Waals surface area (Å²) in [4.78, 5) is 10.9. The molecule has 0 unspecified atom stereocenters. The molecule has 0 aliphatic carbocycles. The van der Waals surface area contributed by atoms with E-state index in [1.807, 2.05) is 31.2 Å². The Kier molecular flexibility index (Phi) is 12.1. The van der Waals surface area contributed by atoms with Gasteiger partial charge in [-0.05, 0) is 31.0 Å². The predicted octanol–water partition coefficient (Wildman–Crippen LogP) is 3.90. The van der Waals surface area contributed by atoms with Gasteiger partial charge in [-0.1, -0.05) is 53.6 Å². The summed E-state index contributed by atoms with van der Waals surface area (Å²) in [5.74, 6) is 24.3. The summed E-state index contributed by atoms with van der Waals surface area (Å²) < 4.78 is 10.1. The van der Waals surface area contributed by atoms with Crippen LogP contribution in [0.1, 0.15) is 44.1 Å². The number of unbranched alkanes of at least 4 members (excludes halogenated alkanes) is 1. The number of hydrogen-bond acceptors (Lipinski definition) is 3. The highest BCUT2D eigenvalue weighted by molar-refractivity contribution is 5.69. The number of benzene rings is 1. The van der Waals surface area contributed by atoms with Crippen LogP contribution in [0.2, 0.25) is 0 Å². The molecule has 1 aromatic rings. The molecule has 0 aliphatic heterocycles. The van der Waals surface area contributed by atoms with Gasteiger partial charge in [0.25, 0.3) is 0 Å². The first-order valence-corrected chi connectivity index (χ1v) is 8.81. The molecule has 138 valence electrons. The zero-order chi connectivity index (χ0) is 19.6. The fraction of sp³-hybridized carbons (Fsp3) is 0.375. The van der Waals surface area contributed by atoms with E-state index in [2.05, 4.69) is 52.1 Å². The maximum absolute atomic E-state index is 10.9. The molecule has 0 amide bonds. The third-order valence-corrected chi connectivity index (χ3v) is 3.24. The molecular weight excluding hydrogens is 336 g/mol. The molecule has 0 spiro atoms. The van der Waals surface area contributed by atoms with Crippen LogP contribution >= 0.6 is 0 Å². The molecular formula is C24H24O3. The first kappa shape index (κ1) is 21.8. The molecule has 0 fully saturated rings. The largest absolute Gasteiger partial charge is 0.481 e. The van der Waals surface area contributed by atoms with Gasteiger partial charge in [0.1, 0.15) is 12.4 Å². The Hall–Kier alpha value is -3.27. The van der Waals surface area contributed by atoms with Gasteiger partial charge in [-0.25, -0.2) is 0 Å². The summed E-state index contributed by atoms with van der Waals surface area (Å²) in [5, 5.41) is 0. The van der Waals surface area contributed by atoms with Crippen molar-refractivity contribution >= 4 is 5.97 Å². The Bertz CT molecular complexity index is 836. The molecule has 0 heterocycles. The Morgan fingerprint density at radius 1 is 0.926 bits per heavy atom. The molecule has 1 aromatic carbocycles. The van der Waals surface area contributed by atoms with Crippen LogP contribution in [-0.2, 0) is 9.53 Å². The van der Waals surface area contributed by atoms with Crippen LogP contribution in [0, 0.1) is 54.3 Å².